The Bertz CT molecular complexity index is 746. The molecular formula is C19H23FN4O. The summed E-state index contributed by atoms with van der Waals surface area (Å²) in [5, 5.41) is 8.73. The first-order valence-corrected chi connectivity index (χ1v) is 8.19. The molecule has 0 saturated carbocycles. The summed E-state index contributed by atoms with van der Waals surface area (Å²) in [5.74, 6) is -0.0261. The van der Waals surface area contributed by atoms with E-state index in [9.17, 15) is 9.18 Å². The van der Waals surface area contributed by atoms with Crippen LogP contribution in [-0.4, -0.2) is 25.5 Å². The van der Waals surface area contributed by atoms with Gasteiger partial charge in [-0.3, -0.25) is 9.79 Å². The number of anilines is 1. The first-order chi connectivity index (χ1) is 12.1. The third kappa shape index (κ3) is 5.91. The molecule has 6 heteroatoms. The summed E-state index contributed by atoms with van der Waals surface area (Å²) in [7, 11) is 1.60. The SMILES string of the molecule is CCc1cccc(NC(=O)CNC(=NC)NCc2ccccc2F)c1. The summed E-state index contributed by atoms with van der Waals surface area (Å²) in [6, 6.07) is 14.2. The highest BCUT2D eigenvalue weighted by molar-refractivity contribution is 5.95. The van der Waals surface area contributed by atoms with Crippen LogP contribution in [0.25, 0.3) is 0 Å². The Balaban J connectivity index is 1.81. The fraction of sp³-hybridized carbons (Fsp3) is 0.263. The highest BCUT2D eigenvalue weighted by Gasteiger charge is 2.06. The molecular weight excluding hydrogens is 319 g/mol. The molecule has 0 spiro atoms. The molecule has 1 amide bonds. The maximum atomic E-state index is 13.6. The number of carbonyl (C=O) groups excluding carboxylic acids is 1. The van der Waals surface area contributed by atoms with E-state index in [1.54, 1.807) is 25.2 Å². The van der Waals surface area contributed by atoms with Crippen LogP contribution in [0.4, 0.5) is 10.1 Å². The first-order valence-electron chi connectivity index (χ1n) is 8.19. The molecule has 0 aliphatic carbocycles. The van der Waals surface area contributed by atoms with Gasteiger partial charge in [-0.15, -0.1) is 0 Å². The lowest BCUT2D eigenvalue weighted by atomic mass is 10.1. The number of halogens is 1. The van der Waals surface area contributed by atoms with Crippen LogP contribution in [0.2, 0.25) is 0 Å². The topological polar surface area (TPSA) is 65.5 Å². The van der Waals surface area contributed by atoms with E-state index in [2.05, 4.69) is 27.9 Å². The monoisotopic (exact) mass is 342 g/mol. The van der Waals surface area contributed by atoms with E-state index in [4.69, 9.17) is 0 Å². The van der Waals surface area contributed by atoms with Crippen LogP contribution >= 0.6 is 0 Å². The van der Waals surface area contributed by atoms with Gasteiger partial charge in [0, 0.05) is 24.8 Å². The minimum absolute atomic E-state index is 0.0628. The number of aliphatic imine (C=N–C) groups is 1. The highest BCUT2D eigenvalue weighted by atomic mass is 19.1. The number of nitrogens with zero attached hydrogens (tertiary/aromatic N) is 1. The fourth-order valence-corrected chi connectivity index (χ4v) is 2.28. The number of carbonyl (C=O) groups is 1. The van der Waals surface area contributed by atoms with E-state index in [0.717, 1.165) is 17.7 Å². The number of hydrogen-bond acceptors (Lipinski definition) is 2. The molecule has 0 aliphatic heterocycles. The summed E-state index contributed by atoms with van der Waals surface area (Å²) in [4.78, 5) is 16.1. The van der Waals surface area contributed by atoms with Crippen molar-refractivity contribution in [2.75, 3.05) is 18.9 Å². The smallest absolute Gasteiger partial charge is 0.243 e. The number of aryl methyl sites for hydroxylation is 1. The first kappa shape index (κ1) is 18.4. The van der Waals surface area contributed by atoms with Crippen LogP contribution in [0.5, 0.6) is 0 Å². The number of benzene rings is 2. The minimum atomic E-state index is -0.279. The van der Waals surface area contributed by atoms with Gasteiger partial charge in [0.25, 0.3) is 0 Å². The van der Waals surface area contributed by atoms with Crippen LogP contribution in [0.1, 0.15) is 18.1 Å². The van der Waals surface area contributed by atoms with Crippen LogP contribution in [0.15, 0.2) is 53.5 Å². The van der Waals surface area contributed by atoms with E-state index in [0.29, 0.717) is 11.5 Å². The molecule has 0 bridgehead atoms. The largest absolute Gasteiger partial charge is 0.352 e. The molecule has 0 fully saturated rings. The summed E-state index contributed by atoms with van der Waals surface area (Å²) in [5.41, 5.74) is 2.46. The van der Waals surface area contributed by atoms with Crippen molar-refractivity contribution in [3.05, 3.63) is 65.5 Å². The van der Waals surface area contributed by atoms with Crippen molar-refractivity contribution in [1.82, 2.24) is 10.6 Å². The number of amides is 1. The summed E-state index contributed by atoms with van der Waals surface area (Å²) < 4.78 is 13.6. The van der Waals surface area contributed by atoms with E-state index in [1.807, 2.05) is 24.3 Å². The van der Waals surface area contributed by atoms with Gasteiger partial charge in [-0.05, 0) is 30.2 Å². The molecule has 132 valence electrons. The molecule has 0 saturated heterocycles. The molecule has 0 heterocycles. The van der Waals surface area contributed by atoms with E-state index in [-0.39, 0.29) is 24.8 Å². The summed E-state index contributed by atoms with van der Waals surface area (Å²) in [6.07, 6.45) is 0.911. The van der Waals surface area contributed by atoms with Crippen molar-refractivity contribution in [2.45, 2.75) is 19.9 Å². The zero-order valence-corrected chi connectivity index (χ0v) is 14.5. The minimum Gasteiger partial charge on any atom is -0.352 e. The lowest BCUT2D eigenvalue weighted by Gasteiger charge is -2.12. The second-order valence-electron chi connectivity index (χ2n) is 5.47. The second kappa shape index (κ2) is 9.42. The molecule has 0 unspecified atom stereocenters. The molecule has 0 radical (unpaired) electrons. The van der Waals surface area contributed by atoms with Crippen molar-refractivity contribution >= 4 is 17.6 Å². The zero-order chi connectivity index (χ0) is 18.1. The number of guanidine groups is 1. The Hall–Kier alpha value is -2.89. The van der Waals surface area contributed by atoms with Gasteiger partial charge in [-0.2, -0.15) is 0 Å². The quantitative estimate of drug-likeness (QED) is 0.559. The van der Waals surface area contributed by atoms with Gasteiger partial charge in [0.05, 0.1) is 6.54 Å². The van der Waals surface area contributed by atoms with Crippen molar-refractivity contribution in [3.63, 3.8) is 0 Å². The maximum absolute atomic E-state index is 13.6. The van der Waals surface area contributed by atoms with Gasteiger partial charge in [0.2, 0.25) is 5.91 Å². The number of hydrogen-bond donors (Lipinski definition) is 3. The standard InChI is InChI=1S/C19H23FN4O/c1-3-14-7-6-9-16(11-14)24-18(25)13-23-19(21-2)22-12-15-8-4-5-10-17(15)20/h4-11H,3,12-13H2,1-2H3,(H,24,25)(H2,21,22,23). The molecule has 0 aromatic heterocycles. The van der Waals surface area contributed by atoms with Gasteiger partial charge >= 0.3 is 0 Å². The Kier molecular flexibility index (Phi) is 6.95. The number of nitrogens with one attached hydrogen (secondary N) is 3. The van der Waals surface area contributed by atoms with Gasteiger partial charge < -0.3 is 16.0 Å². The third-order valence-corrected chi connectivity index (χ3v) is 3.66. The molecule has 0 aliphatic rings. The van der Waals surface area contributed by atoms with Crippen molar-refractivity contribution in [3.8, 4) is 0 Å². The van der Waals surface area contributed by atoms with E-state index >= 15 is 0 Å². The predicted octanol–water partition coefficient (Wildman–Crippen LogP) is 2.69. The molecule has 0 atom stereocenters. The molecule has 2 rings (SSSR count). The van der Waals surface area contributed by atoms with Crippen molar-refractivity contribution in [1.29, 1.82) is 0 Å². The Morgan fingerprint density at radius 2 is 1.92 bits per heavy atom. The normalized spacial score (nSPS) is 11.1. The molecule has 2 aromatic rings. The van der Waals surface area contributed by atoms with Gasteiger partial charge in [-0.1, -0.05) is 37.3 Å². The van der Waals surface area contributed by atoms with E-state index in [1.165, 1.54) is 6.07 Å². The van der Waals surface area contributed by atoms with E-state index < -0.39 is 0 Å². The van der Waals surface area contributed by atoms with Crippen LogP contribution in [0.3, 0.4) is 0 Å². The fourth-order valence-electron chi connectivity index (χ4n) is 2.28. The third-order valence-electron chi connectivity index (χ3n) is 3.66. The Morgan fingerprint density at radius 1 is 1.12 bits per heavy atom. The molecule has 5 nitrogen and oxygen atoms in total. The van der Waals surface area contributed by atoms with Gasteiger partial charge in [0.1, 0.15) is 5.82 Å². The second-order valence-corrected chi connectivity index (χ2v) is 5.47. The average Bonchev–Trinajstić information content (AvgIpc) is 2.63. The average molecular weight is 342 g/mol. The maximum Gasteiger partial charge on any atom is 0.243 e. The van der Waals surface area contributed by atoms with Gasteiger partial charge in [-0.25, -0.2) is 4.39 Å². The van der Waals surface area contributed by atoms with Crippen LogP contribution in [-0.2, 0) is 17.8 Å². The van der Waals surface area contributed by atoms with Crippen molar-refractivity contribution in [2.24, 2.45) is 4.99 Å². The molecule has 25 heavy (non-hydrogen) atoms. The molecule has 2 aromatic carbocycles. The zero-order valence-electron chi connectivity index (χ0n) is 14.5. The Morgan fingerprint density at radius 3 is 2.64 bits per heavy atom. The Labute approximate surface area is 147 Å². The lowest BCUT2D eigenvalue weighted by Crippen LogP contribution is -2.41. The summed E-state index contributed by atoms with van der Waals surface area (Å²) in [6.45, 7) is 2.41. The van der Waals surface area contributed by atoms with Crippen molar-refractivity contribution < 1.29 is 9.18 Å². The molecule has 3 N–H and O–H groups in total. The lowest BCUT2D eigenvalue weighted by molar-refractivity contribution is -0.115. The van der Waals surface area contributed by atoms with Crippen LogP contribution in [0, 0.1) is 5.82 Å². The summed E-state index contributed by atoms with van der Waals surface area (Å²) >= 11 is 0. The highest BCUT2D eigenvalue weighted by Crippen LogP contribution is 2.10. The number of rotatable bonds is 6. The predicted molar refractivity (Wildman–Crippen MR) is 99.1 cm³/mol. The van der Waals surface area contributed by atoms with Crippen LogP contribution < -0.4 is 16.0 Å². The van der Waals surface area contributed by atoms with Gasteiger partial charge in [0.15, 0.2) is 5.96 Å².